The van der Waals surface area contributed by atoms with Crippen LogP contribution >= 0.6 is 11.3 Å². The molecule has 0 saturated carbocycles. The molecule has 2 aromatic carbocycles. The van der Waals surface area contributed by atoms with Gasteiger partial charge in [0, 0.05) is 10.8 Å². The van der Waals surface area contributed by atoms with E-state index in [1.807, 2.05) is 54.8 Å². The Bertz CT molecular complexity index is 1280. The molecule has 0 aliphatic rings. The quantitative estimate of drug-likeness (QED) is 0.343. The number of nitriles is 1. The molecule has 6 heteroatoms. The zero-order valence-electron chi connectivity index (χ0n) is 15.9. The van der Waals surface area contributed by atoms with E-state index in [-0.39, 0.29) is 0 Å². The van der Waals surface area contributed by atoms with Crippen molar-refractivity contribution in [3.8, 4) is 17.5 Å². The lowest BCUT2D eigenvalue weighted by Gasteiger charge is -2.01. The second-order valence-electron chi connectivity index (χ2n) is 6.62. The topological polar surface area (TPSA) is 66.6 Å². The molecule has 5 nitrogen and oxygen atoms in total. The zero-order chi connectivity index (χ0) is 20.2. The molecule has 0 unspecified atom stereocenters. The van der Waals surface area contributed by atoms with E-state index in [1.54, 1.807) is 23.0 Å². The third-order valence-corrected chi connectivity index (χ3v) is 5.06. The van der Waals surface area contributed by atoms with Crippen LogP contribution in [0.5, 0.6) is 0 Å². The molecule has 2 aromatic heterocycles. The zero-order valence-corrected chi connectivity index (χ0v) is 16.7. The second kappa shape index (κ2) is 8.13. The average molecular weight is 398 g/mol. The molecule has 0 aliphatic carbocycles. The van der Waals surface area contributed by atoms with Crippen LogP contribution in [0.25, 0.3) is 22.4 Å². The first-order chi connectivity index (χ1) is 14.1. The van der Waals surface area contributed by atoms with E-state index < -0.39 is 0 Å². The van der Waals surface area contributed by atoms with E-state index in [1.165, 1.54) is 11.3 Å². The lowest BCUT2D eigenvalue weighted by molar-refractivity contribution is 0.621. The molecular weight excluding hydrogens is 380 g/mol. The van der Waals surface area contributed by atoms with Gasteiger partial charge in [-0.15, -0.1) is 11.3 Å². The first kappa shape index (κ1) is 18.7. The van der Waals surface area contributed by atoms with Crippen LogP contribution < -0.4 is 4.80 Å². The summed E-state index contributed by atoms with van der Waals surface area (Å²) in [5, 5.41) is 16.6. The summed E-state index contributed by atoms with van der Waals surface area (Å²) >= 11 is 1.50. The normalized spacial score (nSPS) is 11.9. The molecule has 0 amide bonds. The van der Waals surface area contributed by atoms with Crippen LogP contribution in [0.15, 0.2) is 86.6 Å². The predicted molar refractivity (Wildman–Crippen MR) is 117 cm³/mol. The molecule has 0 spiro atoms. The predicted octanol–water partition coefficient (Wildman–Crippen LogP) is 5.19. The van der Waals surface area contributed by atoms with Crippen molar-refractivity contribution >= 4 is 28.5 Å². The number of rotatable bonds is 5. The number of furan rings is 1. The van der Waals surface area contributed by atoms with Crippen LogP contribution in [0.1, 0.15) is 18.1 Å². The summed E-state index contributed by atoms with van der Waals surface area (Å²) in [5.41, 5.74) is 4.15. The summed E-state index contributed by atoms with van der Waals surface area (Å²) in [4.78, 5) is 5.39. The maximum absolute atomic E-state index is 8.95. The highest BCUT2D eigenvalue weighted by Gasteiger charge is 2.12. The molecule has 4 aromatic rings. The van der Waals surface area contributed by atoms with Crippen molar-refractivity contribution in [2.75, 3.05) is 6.54 Å². The number of fused-ring (bicyclic) bond motifs is 1. The summed E-state index contributed by atoms with van der Waals surface area (Å²) in [5.74, 6) is 0.733. The van der Waals surface area contributed by atoms with E-state index in [0.29, 0.717) is 12.1 Å². The fourth-order valence-corrected chi connectivity index (χ4v) is 3.59. The Morgan fingerprint density at radius 2 is 2.03 bits per heavy atom. The minimum atomic E-state index is 0.534. The van der Waals surface area contributed by atoms with E-state index in [0.717, 1.165) is 38.4 Å². The van der Waals surface area contributed by atoms with Crippen LogP contribution in [0.4, 0.5) is 0 Å². The molecule has 0 saturated heterocycles. The molecule has 2 heterocycles. The van der Waals surface area contributed by atoms with Gasteiger partial charge in [-0.1, -0.05) is 42.5 Å². The molecule has 4 rings (SSSR count). The van der Waals surface area contributed by atoms with E-state index >= 15 is 0 Å². The third kappa shape index (κ3) is 4.10. The number of hydrogen-bond donors (Lipinski definition) is 0. The Morgan fingerprint density at radius 3 is 2.76 bits per heavy atom. The van der Waals surface area contributed by atoms with Gasteiger partial charge in [0.1, 0.15) is 11.3 Å². The molecule has 0 bridgehead atoms. The molecular formula is C23H18N4OS. The molecule has 0 aliphatic heterocycles. The van der Waals surface area contributed by atoms with Gasteiger partial charge >= 0.3 is 0 Å². The highest BCUT2D eigenvalue weighted by molar-refractivity contribution is 7.07. The molecule has 0 N–H and O–H groups in total. The van der Waals surface area contributed by atoms with Crippen molar-refractivity contribution < 1.29 is 4.42 Å². The fraction of sp³-hybridized carbons (Fsp3) is 0.0870. The van der Waals surface area contributed by atoms with Crippen molar-refractivity contribution in [2.45, 2.75) is 6.92 Å². The molecule has 0 atom stereocenters. The van der Waals surface area contributed by atoms with Crippen LogP contribution in [0.3, 0.4) is 0 Å². The van der Waals surface area contributed by atoms with Crippen LogP contribution in [-0.2, 0) is 0 Å². The standard InChI is InChI=1S/C23H18N4OS/c1-16(2)13-25-23-27(26-14-18-9-7-17(12-24)8-10-18)20(15-29-23)22-11-19-5-3-4-6-21(19)28-22/h3-11,14-15H,1,13H2,2H3. The smallest absolute Gasteiger partial charge is 0.206 e. The SMILES string of the molecule is C=C(C)CN=c1scc(-c2cc3ccccc3o2)n1N=Cc1ccc(C#N)cc1. The van der Waals surface area contributed by atoms with Gasteiger partial charge in [-0.05, 0) is 36.8 Å². The van der Waals surface area contributed by atoms with Gasteiger partial charge in [0.15, 0.2) is 5.76 Å². The van der Waals surface area contributed by atoms with Crippen LogP contribution in [-0.4, -0.2) is 17.4 Å². The Labute approximate surface area is 172 Å². The van der Waals surface area contributed by atoms with Crippen molar-refractivity contribution in [1.82, 2.24) is 4.68 Å². The van der Waals surface area contributed by atoms with Gasteiger partial charge in [-0.3, -0.25) is 4.99 Å². The van der Waals surface area contributed by atoms with Gasteiger partial charge in [0.05, 0.1) is 24.4 Å². The van der Waals surface area contributed by atoms with Crippen molar-refractivity contribution in [2.24, 2.45) is 10.1 Å². The number of aromatic nitrogens is 1. The first-order valence-corrected chi connectivity index (χ1v) is 9.91. The minimum Gasteiger partial charge on any atom is -0.454 e. The van der Waals surface area contributed by atoms with E-state index in [4.69, 9.17) is 9.68 Å². The number of thiazole rings is 1. The van der Waals surface area contributed by atoms with Crippen LogP contribution in [0.2, 0.25) is 0 Å². The lowest BCUT2D eigenvalue weighted by atomic mass is 10.2. The summed E-state index contributed by atoms with van der Waals surface area (Å²) in [6.07, 6.45) is 1.75. The van der Waals surface area contributed by atoms with Crippen LogP contribution in [0, 0.1) is 11.3 Å². The van der Waals surface area contributed by atoms with Gasteiger partial charge in [0.2, 0.25) is 4.80 Å². The van der Waals surface area contributed by atoms with Crippen molar-refractivity contribution in [3.05, 3.63) is 88.1 Å². The maximum Gasteiger partial charge on any atom is 0.206 e. The van der Waals surface area contributed by atoms with Gasteiger partial charge in [0.25, 0.3) is 0 Å². The lowest BCUT2D eigenvalue weighted by Crippen LogP contribution is -2.12. The summed E-state index contributed by atoms with van der Waals surface area (Å²) < 4.78 is 7.81. The van der Waals surface area contributed by atoms with Crippen molar-refractivity contribution in [3.63, 3.8) is 0 Å². The molecule has 0 fully saturated rings. The fourth-order valence-electron chi connectivity index (χ4n) is 2.77. The molecule has 0 radical (unpaired) electrons. The van der Waals surface area contributed by atoms with Gasteiger partial charge in [-0.2, -0.15) is 10.4 Å². The largest absolute Gasteiger partial charge is 0.454 e. The number of nitrogens with zero attached hydrogens (tertiary/aromatic N) is 4. The Morgan fingerprint density at radius 1 is 1.24 bits per heavy atom. The molecule has 29 heavy (non-hydrogen) atoms. The van der Waals surface area contributed by atoms with Gasteiger partial charge in [-0.25, -0.2) is 4.68 Å². The van der Waals surface area contributed by atoms with Crippen molar-refractivity contribution in [1.29, 1.82) is 5.26 Å². The van der Waals surface area contributed by atoms with E-state index in [9.17, 15) is 0 Å². The van der Waals surface area contributed by atoms with Gasteiger partial charge < -0.3 is 4.42 Å². The maximum atomic E-state index is 8.95. The summed E-state index contributed by atoms with van der Waals surface area (Å²) in [6, 6.07) is 19.3. The Hall–Kier alpha value is -3.69. The summed E-state index contributed by atoms with van der Waals surface area (Å²) in [6.45, 7) is 6.40. The number of para-hydroxylation sites is 1. The third-order valence-electron chi connectivity index (χ3n) is 4.21. The number of hydrogen-bond acceptors (Lipinski definition) is 5. The highest BCUT2D eigenvalue weighted by atomic mass is 32.1. The minimum absolute atomic E-state index is 0.534. The Balaban J connectivity index is 1.79. The second-order valence-corrected chi connectivity index (χ2v) is 7.45. The first-order valence-electron chi connectivity index (χ1n) is 9.03. The summed E-state index contributed by atoms with van der Waals surface area (Å²) in [7, 11) is 0. The van der Waals surface area contributed by atoms with E-state index in [2.05, 4.69) is 22.7 Å². The number of benzene rings is 2. The Kier molecular flexibility index (Phi) is 5.23. The molecule has 142 valence electrons. The highest BCUT2D eigenvalue weighted by Crippen LogP contribution is 2.28. The average Bonchev–Trinajstić information content (AvgIpc) is 3.34. The monoisotopic (exact) mass is 398 g/mol.